The van der Waals surface area contributed by atoms with Gasteiger partial charge in [0.05, 0.1) is 26.2 Å². The van der Waals surface area contributed by atoms with Crippen molar-refractivity contribution in [2.24, 2.45) is 0 Å². The lowest BCUT2D eigenvalue weighted by Gasteiger charge is -2.32. The molecule has 1 aliphatic heterocycles. The molecule has 1 amide bonds. The molecule has 0 bridgehead atoms. The van der Waals surface area contributed by atoms with Gasteiger partial charge in [0.25, 0.3) is 0 Å². The van der Waals surface area contributed by atoms with E-state index in [4.69, 9.17) is 9.47 Å². The number of hydrogen-bond donors (Lipinski definition) is 2. The summed E-state index contributed by atoms with van der Waals surface area (Å²) in [5.41, 5.74) is 2.12. The number of rotatable bonds is 6. The van der Waals surface area contributed by atoms with Gasteiger partial charge in [0.1, 0.15) is 0 Å². The molecule has 0 spiro atoms. The van der Waals surface area contributed by atoms with Gasteiger partial charge in [0.15, 0.2) is 17.5 Å². The number of carboxylic acid groups (broad SMARTS) is 1. The summed E-state index contributed by atoms with van der Waals surface area (Å²) in [6.07, 6.45) is 2.73. The van der Waals surface area contributed by atoms with Crippen molar-refractivity contribution in [3.05, 3.63) is 41.5 Å². The maximum absolute atomic E-state index is 12.7. The number of aryl methyl sites for hydroxylation is 1. The van der Waals surface area contributed by atoms with Gasteiger partial charge in [-0.25, -0.2) is 9.78 Å². The number of H-pyrrole nitrogens is 1. The lowest BCUT2D eigenvalue weighted by molar-refractivity contribution is -0.151. The second-order valence-electron chi connectivity index (χ2n) is 6.03. The van der Waals surface area contributed by atoms with E-state index in [9.17, 15) is 14.7 Å². The Morgan fingerprint density at radius 3 is 2.77 bits per heavy atom. The first kappa shape index (κ1) is 17.8. The average molecular weight is 359 g/mol. The van der Waals surface area contributed by atoms with Gasteiger partial charge in [-0.1, -0.05) is 6.07 Å². The standard InChI is InChI=1S/C18H21N3O5/c1-25-13-5-3-11(9-14(13)26-2)4-6-15(22)21-8-7-12-16(20-10-19-12)17(21)18(23)24/h3,5,9-10,17H,4,6-8H2,1-2H3,(H,19,20)(H,23,24)/t17-/m0/s1. The average Bonchev–Trinajstić information content (AvgIpc) is 3.13. The van der Waals surface area contributed by atoms with E-state index < -0.39 is 12.0 Å². The van der Waals surface area contributed by atoms with Crippen LogP contribution in [-0.4, -0.2) is 52.6 Å². The number of ether oxygens (including phenoxy) is 2. The number of carbonyl (C=O) groups is 2. The Morgan fingerprint density at radius 1 is 1.31 bits per heavy atom. The Balaban J connectivity index is 1.71. The third-order valence-electron chi connectivity index (χ3n) is 4.55. The van der Waals surface area contributed by atoms with E-state index in [1.165, 1.54) is 11.2 Å². The summed E-state index contributed by atoms with van der Waals surface area (Å²) in [4.78, 5) is 32.8. The van der Waals surface area contributed by atoms with Gasteiger partial charge in [-0.2, -0.15) is 0 Å². The fraction of sp³-hybridized carbons (Fsp3) is 0.389. The number of carboxylic acids is 1. The van der Waals surface area contributed by atoms with Gasteiger partial charge >= 0.3 is 5.97 Å². The molecule has 0 saturated carbocycles. The molecule has 0 saturated heterocycles. The number of aromatic nitrogens is 2. The van der Waals surface area contributed by atoms with Gasteiger partial charge < -0.3 is 24.5 Å². The number of imidazole rings is 1. The summed E-state index contributed by atoms with van der Waals surface area (Å²) in [5, 5.41) is 9.56. The van der Waals surface area contributed by atoms with E-state index in [2.05, 4.69) is 9.97 Å². The summed E-state index contributed by atoms with van der Waals surface area (Å²) < 4.78 is 10.5. The molecule has 8 nitrogen and oxygen atoms in total. The number of nitrogens with zero attached hydrogens (tertiary/aromatic N) is 2. The van der Waals surface area contributed by atoms with Crippen LogP contribution in [0.15, 0.2) is 24.5 Å². The third-order valence-corrected chi connectivity index (χ3v) is 4.55. The van der Waals surface area contributed by atoms with Crippen molar-refractivity contribution in [1.29, 1.82) is 0 Å². The second-order valence-corrected chi connectivity index (χ2v) is 6.03. The number of nitrogens with one attached hydrogen (secondary N) is 1. The lowest BCUT2D eigenvalue weighted by Crippen LogP contribution is -2.43. The monoisotopic (exact) mass is 359 g/mol. The van der Waals surface area contributed by atoms with Crippen molar-refractivity contribution in [3.63, 3.8) is 0 Å². The predicted molar refractivity (Wildman–Crippen MR) is 92.2 cm³/mol. The smallest absolute Gasteiger partial charge is 0.332 e. The molecule has 1 aromatic heterocycles. The Hall–Kier alpha value is -3.03. The zero-order valence-corrected chi connectivity index (χ0v) is 14.7. The molecule has 138 valence electrons. The molecule has 0 unspecified atom stereocenters. The largest absolute Gasteiger partial charge is 0.493 e. The topological polar surface area (TPSA) is 105 Å². The molecule has 1 atom stereocenters. The highest BCUT2D eigenvalue weighted by molar-refractivity contribution is 5.85. The van der Waals surface area contributed by atoms with Crippen LogP contribution in [0.1, 0.15) is 29.4 Å². The molecular weight excluding hydrogens is 338 g/mol. The normalized spacial score (nSPS) is 16.1. The molecular formula is C18H21N3O5. The van der Waals surface area contributed by atoms with Crippen LogP contribution in [0.3, 0.4) is 0 Å². The zero-order valence-electron chi connectivity index (χ0n) is 14.7. The van der Waals surface area contributed by atoms with Crippen molar-refractivity contribution < 1.29 is 24.2 Å². The van der Waals surface area contributed by atoms with Crippen molar-refractivity contribution in [1.82, 2.24) is 14.9 Å². The van der Waals surface area contributed by atoms with Crippen molar-refractivity contribution in [2.75, 3.05) is 20.8 Å². The van der Waals surface area contributed by atoms with Crippen molar-refractivity contribution in [3.8, 4) is 11.5 Å². The highest BCUT2D eigenvalue weighted by Gasteiger charge is 2.37. The molecule has 2 heterocycles. The van der Waals surface area contributed by atoms with E-state index in [0.29, 0.717) is 36.6 Å². The number of methoxy groups -OCH3 is 2. The number of aliphatic carboxylic acids is 1. The molecule has 1 aliphatic rings. The minimum Gasteiger partial charge on any atom is -0.493 e. The first-order chi connectivity index (χ1) is 12.5. The number of fused-ring (bicyclic) bond motifs is 1. The first-order valence-electron chi connectivity index (χ1n) is 8.30. The molecule has 8 heteroatoms. The van der Waals surface area contributed by atoms with E-state index >= 15 is 0 Å². The van der Waals surface area contributed by atoms with Gasteiger partial charge in [-0.15, -0.1) is 0 Å². The highest BCUT2D eigenvalue weighted by Crippen LogP contribution is 2.30. The van der Waals surface area contributed by atoms with Crippen molar-refractivity contribution in [2.45, 2.75) is 25.3 Å². The molecule has 26 heavy (non-hydrogen) atoms. The Kier molecular flexibility index (Phi) is 5.11. The van der Waals surface area contributed by atoms with Crippen LogP contribution in [-0.2, 0) is 22.4 Å². The van der Waals surface area contributed by atoms with Crippen molar-refractivity contribution >= 4 is 11.9 Å². The van der Waals surface area contributed by atoms with Crippen LogP contribution >= 0.6 is 0 Å². The zero-order chi connectivity index (χ0) is 18.7. The lowest BCUT2D eigenvalue weighted by atomic mass is 10.0. The van der Waals surface area contributed by atoms with Crippen LogP contribution in [0.4, 0.5) is 0 Å². The SMILES string of the molecule is COc1ccc(CCC(=O)N2CCc3[nH]cnc3[C@H]2C(=O)O)cc1OC. The summed E-state index contributed by atoms with van der Waals surface area (Å²) in [6.45, 7) is 0.358. The molecule has 2 N–H and O–H groups in total. The Bertz CT molecular complexity index is 817. The van der Waals surface area contributed by atoms with Crippen LogP contribution in [0, 0.1) is 0 Å². The number of benzene rings is 1. The minimum absolute atomic E-state index is 0.207. The Labute approximate surface area is 150 Å². The molecule has 1 aromatic carbocycles. The van der Waals surface area contributed by atoms with E-state index in [1.807, 2.05) is 12.1 Å². The van der Waals surface area contributed by atoms with Gasteiger partial charge in [-0.3, -0.25) is 4.79 Å². The molecule has 3 rings (SSSR count). The van der Waals surface area contributed by atoms with E-state index in [-0.39, 0.29) is 12.3 Å². The maximum atomic E-state index is 12.7. The van der Waals surface area contributed by atoms with Crippen LogP contribution < -0.4 is 9.47 Å². The summed E-state index contributed by atoms with van der Waals surface area (Å²) >= 11 is 0. The fourth-order valence-corrected chi connectivity index (χ4v) is 3.23. The number of aromatic amines is 1. The molecule has 2 aromatic rings. The third kappa shape index (κ3) is 3.35. The summed E-state index contributed by atoms with van der Waals surface area (Å²) in [6, 6.07) is 4.44. The Morgan fingerprint density at radius 2 is 2.08 bits per heavy atom. The van der Waals surface area contributed by atoms with Gasteiger partial charge in [0.2, 0.25) is 5.91 Å². The molecule has 0 fully saturated rings. The van der Waals surface area contributed by atoms with Gasteiger partial charge in [0, 0.05) is 25.1 Å². The fourth-order valence-electron chi connectivity index (χ4n) is 3.23. The number of amides is 1. The second kappa shape index (κ2) is 7.47. The van der Waals surface area contributed by atoms with Crippen LogP contribution in [0.25, 0.3) is 0 Å². The van der Waals surface area contributed by atoms with Crippen LogP contribution in [0.2, 0.25) is 0 Å². The number of carbonyl (C=O) groups excluding carboxylic acids is 1. The minimum atomic E-state index is -1.07. The highest BCUT2D eigenvalue weighted by atomic mass is 16.5. The quantitative estimate of drug-likeness (QED) is 0.811. The number of hydrogen-bond acceptors (Lipinski definition) is 5. The van der Waals surface area contributed by atoms with Crippen LogP contribution in [0.5, 0.6) is 11.5 Å². The first-order valence-corrected chi connectivity index (χ1v) is 8.30. The maximum Gasteiger partial charge on any atom is 0.332 e. The van der Waals surface area contributed by atoms with E-state index in [1.54, 1.807) is 20.3 Å². The molecule has 0 aliphatic carbocycles. The van der Waals surface area contributed by atoms with E-state index in [0.717, 1.165) is 11.3 Å². The summed E-state index contributed by atoms with van der Waals surface area (Å²) in [7, 11) is 3.12. The summed E-state index contributed by atoms with van der Waals surface area (Å²) in [5.74, 6) is -0.0611. The predicted octanol–water partition coefficient (Wildman–Crippen LogP) is 1.57. The van der Waals surface area contributed by atoms with Gasteiger partial charge in [-0.05, 0) is 24.1 Å². The molecule has 0 radical (unpaired) electrons.